The summed E-state index contributed by atoms with van der Waals surface area (Å²) in [6.45, 7) is 1.54. The molecule has 0 aliphatic heterocycles. The fourth-order valence-corrected chi connectivity index (χ4v) is 2.38. The van der Waals surface area contributed by atoms with Crippen molar-refractivity contribution in [3.8, 4) is 0 Å². The molecule has 0 aliphatic carbocycles. The van der Waals surface area contributed by atoms with Gasteiger partial charge in [-0.3, -0.25) is 0 Å². The number of hydrogen-bond donors (Lipinski definition) is 1. The van der Waals surface area contributed by atoms with Crippen LogP contribution in [0.5, 0.6) is 0 Å². The smallest absolute Gasteiger partial charge is 0.0735 e. The molecule has 19 heavy (non-hydrogen) atoms. The van der Waals surface area contributed by atoms with E-state index in [9.17, 15) is 0 Å². The molecule has 2 aromatic rings. The highest BCUT2D eigenvalue weighted by atomic mass is 79.9. The van der Waals surface area contributed by atoms with Gasteiger partial charge in [0, 0.05) is 16.0 Å². The number of halogens is 2. The van der Waals surface area contributed by atoms with E-state index < -0.39 is 0 Å². The summed E-state index contributed by atoms with van der Waals surface area (Å²) in [5.74, 6) is 0. The van der Waals surface area contributed by atoms with E-state index in [1.807, 2.05) is 42.5 Å². The summed E-state index contributed by atoms with van der Waals surface area (Å²) in [6, 6.07) is 13.8. The largest absolute Gasteiger partial charge is 0.372 e. The van der Waals surface area contributed by atoms with E-state index in [1.165, 1.54) is 0 Å². The number of benzene rings is 2. The molecule has 0 amide bonds. The highest BCUT2D eigenvalue weighted by molar-refractivity contribution is 9.10. The van der Waals surface area contributed by atoms with Gasteiger partial charge >= 0.3 is 0 Å². The number of ether oxygens (including phenoxy) is 1. The molecular formula is C15H15BrClNO. The fraction of sp³-hybridized carbons (Fsp3) is 0.200. The molecule has 0 heterocycles. The lowest BCUT2D eigenvalue weighted by molar-refractivity contribution is 0.107. The average molecular weight is 341 g/mol. The fourth-order valence-electron chi connectivity index (χ4n) is 1.72. The Morgan fingerprint density at radius 3 is 2.47 bits per heavy atom. The average Bonchev–Trinajstić information content (AvgIpc) is 2.42. The van der Waals surface area contributed by atoms with Crippen molar-refractivity contribution in [1.29, 1.82) is 0 Å². The molecule has 0 aliphatic rings. The molecule has 0 atom stereocenters. The Kier molecular flexibility index (Phi) is 5.40. The van der Waals surface area contributed by atoms with Crippen LogP contribution in [0.25, 0.3) is 0 Å². The van der Waals surface area contributed by atoms with Crippen LogP contribution in [0.1, 0.15) is 16.7 Å². The van der Waals surface area contributed by atoms with Gasteiger partial charge in [0.15, 0.2) is 0 Å². The predicted octanol–water partition coefficient (Wildman–Crippen LogP) is 4.28. The summed E-state index contributed by atoms with van der Waals surface area (Å²) in [7, 11) is 0. The van der Waals surface area contributed by atoms with E-state index >= 15 is 0 Å². The second-order valence-electron chi connectivity index (χ2n) is 4.21. The van der Waals surface area contributed by atoms with E-state index in [1.54, 1.807) is 0 Å². The molecular weight excluding hydrogens is 326 g/mol. The highest BCUT2D eigenvalue weighted by Gasteiger charge is 2.03. The molecule has 0 unspecified atom stereocenters. The van der Waals surface area contributed by atoms with Crippen LogP contribution in [0.4, 0.5) is 0 Å². The molecule has 0 spiro atoms. The van der Waals surface area contributed by atoms with Gasteiger partial charge in [-0.1, -0.05) is 57.9 Å². The maximum atomic E-state index is 6.18. The lowest BCUT2D eigenvalue weighted by Gasteiger charge is -2.08. The molecule has 0 fully saturated rings. The second-order valence-corrected chi connectivity index (χ2v) is 5.48. The summed E-state index contributed by atoms with van der Waals surface area (Å²) in [5, 5.41) is 0.704. The van der Waals surface area contributed by atoms with E-state index in [-0.39, 0.29) is 0 Å². The molecule has 0 radical (unpaired) electrons. The zero-order chi connectivity index (χ0) is 13.7. The molecule has 2 N–H and O–H groups in total. The van der Waals surface area contributed by atoms with Crippen LogP contribution < -0.4 is 5.73 Å². The molecule has 0 bridgehead atoms. The second kappa shape index (κ2) is 7.06. The van der Waals surface area contributed by atoms with Crippen molar-refractivity contribution in [2.24, 2.45) is 5.73 Å². The number of nitrogens with two attached hydrogens (primary N) is 1. The van der Waals surface area contributed by atoms with Crippen LogP contribution in [0.15, 0.2) is 46.9 Å². The van der Waals surface area contributed by atoms with Gasteiger partial charge in [0.05, 0.1) is 13.2 Å². The highest BCUT2D eigenvalue weighted by Crippen LogP contribution is 2.21. The van der Waals surface area contributed by atoms with Crippen molar-refractivity contribution in [1.82, 2.24) is 0 Å². The lowest BCUT2D eigenvalue weighted by atomic mass is 10.1. The molecule has 2 rings (SSSR count). The monoisotopic (exact) mass is 339 g/mol. The minimum absolute atomic E-state index is 0.491. The standard InChI is InChI=1S/C15H15BrClNO/c16-14-4-2-1-3-12(14)9-19-10-13-6-5-11(8-18)7-15(13)17/h1-7H,8-10,18H2. The van der Waals surface area contributed by atoms with Crippen molar-refractivity contribution in [3.05, 3.63) is 68.7 Å². The summed E-state index contributed by atoms with van der Waals surface area (Å²) in [4.78, 5) is 0. The quantitative estimate of drug-likeness (QED) is 0.882. The Labute approximate surface area is 126 Å². The minimum atomic E-state index is 0.491. The Bertz CT molecular complexity index is 560. The summed E-state index contributed by atoms with van der Waals surface area (Å²) < 4.78 is 6.75. The van der Waals surface area contributed by atoms with Gasteiger partial charge in [0.1, 0.15) is 0 Å². The third-order valence-corrected chi connectivity index (χ3v) is 3.95. The van der Waals surface area contributed by atoms with E-state index in [0.717, 1.165) is 21.2 Å². The van der Waals surface area contributed by atoms with Gasteiger partial charge in [-0.05, 0) is 28.8 Å². The summed E-state index contributed by atoms with van der Waals surface area (Å²) in [5.41, 5.74) is 8.69. The first-order valence-corrected chi connectivity index (χ1v) is 7.16. The first-order chi connectivity index (χ1) is 9.20. The maximum Gasteiger partial charge on any atom is 0.0735 e. The molecule has 0 aromatic heterocycles. The van der Waals surface area contributed by atoms with Crippen molar-refractivity contribution >= 4 is 27.5 Å². The van der Waals surface area contributed by atoms with Crippen LogP contribution in [0.3, 0.4) is 0 Å². The Hall–Kier alpha value is -0.870. The number of rotatable bonds is 5. The van der Waals surface area contributed by atoms with E-state index in [2.05, 4.69) is 15.9 Å². The van der Waals surface area contributed by atoms with Gasteiger partial charge < -0.3 is 10.5 Å². The van der Waals surface area contributed by atoms with Crippen molar-refractivity contribution in [2.45, 2.75) is 19.8 Å². The van der Waals surface area contributed by atoms with Crippen LogP contribution in [0.2, 0.25) is 5.02 Å². The van der Waals surface area contributed by atoms with Gasteiger partial charge in [-0.2, -0.15) is 0 Å². The van der Waals surface area contributed by atoms with Crippen molar-refractivity contribution in [3.63, 3.8) is 0 Å². The Balaban J connectivity index is 1.94. The van der Waals surface area contributed by atoms with Crippen LogP contribution >= 0.6 is 27.5 Å². The first-order valence-electron chi connectivity index (χ1n) is 5.99. The molecule has 2 aromatic carbocycles. The molecule has 2 nitrogen and oxygen atoms in total. The third-order valence-electron chi connectivity index (χ3n) is 2.83. The van der Waals surface area contributed by atoms with E-state index in [0.29, 0.717) is 24.8 Å². The van der Waals surface area contributed by atoms with Gasteiger partial charge in [0.25, 0.3) is 0 Å². The summed E-state index contributed by atoms with van der Waals surface area (Å²) >= 11 is 9.67. The molecule has 0 saturated heterocycles. The minimum Gasteiger partial charge on any atom is -0.372 e. The maximum absolute atomic E-state index is 6.18. The summed E-state index contributed by atoms with van der Waals surface area (Å²) in [6.07, 6.45) is 0. The zero-order valence-corrected chi connectivity index (χ0v) is 12.7. The normalized spacial score (nSPS) is 10.7. The van der Waals surface area contributed by atoms with Gasteiger partial charge in [-0.15, -0.1) is 0 Å². The van der Waals surface area contributed by atoms with Crippen molar-refractivity contribution < 1.29 is 4.74 Å². The predicted molar refractivity (Wildman–Crippen MR) is 82.0 cm³/mol. The topological polar surface area (TPSA) is 35.2 Å². The van der Waals surface area contributed by atoms with Crippen LogP contribution in [-0.4, -0.2) is 0 Å². The van der Waals surface area contributed by atoms with Crippen LogP contribution in [0, 0.1) is 0 Å². The van der Waals surface area contributed by atoms with Crippen LogP contribution in [-0.2, 0) is 24.5 Å². The van der Waals surface area contributed by atoms with Crippen molar-refractivity contribution in [2.75, 3.05) is 0 Å². The number of hydrogen-bond acceptors (Lipinski definition) is 2. The molecule has 100 valence electrons. The molecule has 0 saturated carbocycles. The third kappa shape index (κ3) is 4.05. The van der Waals surface area contributed by atoms with Gasteiger partial charge in [0.2, 0.25) is 0 Å². The van der Waals surface area contributed by atoms with E-state index in [4.69, 9.17) is 22.1 Å². The first kappa shape index (κ1) is 14.5. The molecule has 4 heteroatoms. The Morgan fingerprint density at radius 2 is 1.79 bits per heavy atom. The SMILES string of the molecule is NCc1ccc(COCc2ccccc2Br)c(Cl)c1. The van der Waals surface area contributed by atoms with Gasteiger partial charge in [-0.25, -0.2) is 0 Å². The lowest BCUT2D eigenvalue weighted by Crippen LogP contribution is -1.99. The Morgan fingerprint density at radius 1 is 1.05 bits per heavy atom. The zero-order valence-electron chi connectivity index (χ0n) is 10.4.